The molecule has 1 aliphatic rings. The van der Waals surface area contributed by atoms with Crippen LogP contribution in [-0.4, -0.2) is 50.2 Å². The fourth-order valence-electron chi connectivity index (χ4n) is 2.00. The van der Waals surface area contributed by atoms with E-state index < -0.39 is 36.6 Å². The van der Waals surface area contributed by atoms with Gasteiger partial charge in [-0.05, 0) is 6.92 Å². The van der Waals surface area contributed by atoms with E-state index in [1.165, 1.54) is 6.92 Å². The van der Waals surface area contributed by atoms with E-state index in [4.69, 9.17) is 16.3 Å². The molecule has 7 heteroatoms. The third-order valence-corrected chi connectivity index (χ3v) is 3.07. The van der Waals surface area contributed by atoms with Gasteiger partial charge < -0.3 is 25.0 Å². The van der Waals surface area contributed by atoms with Crippen molar-refractivity contribution in [3.63, 3.8) is 0 Å². The predicted molar refractivity (Wildman–Crippen MR) is 64.2 cm³/mol. The van der Waals surface area contributed by atoms with Crippen LogP contribution in [0.5, 0.6) is 0 Å². The summed E-state index contributed by atoms with van der Waals surface area (Å²) in [6.07, 6.45) is 0.849. The molecule has 0 saturated carbocycles. The highest BCUT2D eigenvalue weighted by molar-refractivity contribution is 5.32. The molecule has 0 spiro atoms. The topological polar surface area (TPSA) is 116 Å². The minimum absolute atomic E-state index is 0.0884. The van der Waals surface area contributed by atoms with E-state index in [9.17, 15) is 15.0 Å². The molecule has 0 amide bonds. The lowest BCUT2D eigenvalue weighted by Crippen LogP contribution is -2.32. The van der Waals surface area contributed by atoms with Gasteiger partial charge in [0, 0.05) is 0 Å². The molecule has 0 bridgehead atoms. The fraction of sp³-hybridized carbons (Fsp3) is 0.500. The maximum atomic E-state index is 11.4. The summed E-state index contributed by atoms with van der Waals surface area (Å²) >= 11 is 0. The van der Waals surface area contributed by atoms with E-state index in [1.807, 2.05) is 0 Å². The van der Waals surface area contributed by atoms with Crippen LogP contribution in [0.3, 0.4) is 0 Å². The van der Waals surface area contributed by atoms with Gasteiger partial charge in [0.1, 0.15) is 41.5 Å². The van der Waals surface area contributed by atoms with E-state index >= 15 is 0 Å². The Balaban J connectivity index is 2.46. The molecule has 2 rings (SSSR count). The SMILES string of the molecule is C#Cc1[nH]c(=O)c(C)nc1[C@@H]1O[C@H](CO)C(O)[C@@H]1O. The first-order valence-electron chi connectivity index (χ1n) is 5.69. The van der Waals surface area contributed by atoms with Crippen LogP contribution in [0, 0.1) is 19.3 Å². The van der Waals surface area contributed by atoms with Gasteiger partial charge in [0.25, 0.3) is 5.56 Å². The van der Waals surface area contributed by atoms with Crippen LogP contribution in [0.2, 0.25) is 0 Å². The Morgan fingerprint density at radius 3 is 2.68 bits per heavy atom. The number of aliphatic hydroxyl groups excluding tert-OH is 3. The Kier molecular flexibility index (Phi) is 3.68. The van der Waals surface area contributed by atoms with Crippen LogP contribution < -0.4 is 5.56 Å². The van der Waals surface area contributed by atoms with Gasteiger partial charge >= 0.3 is 0 Å². The number of nitrogens with one attached hydrogen (secondary N) is 1. The lowest BCUT2D eigenvalue weighted by atomic mass is 10.0. The zero-order chi connectivity index (χ0) is 14.2. The second-order valence-corrected chi connectivity index (χ2v) is 4.31. The van der Waals surface area contributed by atoms with Crippen molar-refractivity contribution in [2.75, 3.05) is 6.61 Å². The summed E-state index contributed by atoms with van der Waals surface area (Å²) in [5.41, 5.74) is 0.00252. The summed E-state index contributed by atoms with van der Waals surface area (Å²) in [6, 6.07) is 0. The molecule has 1 aromatic rings. The van der Waals surface area contributed by atoms with Gasteiger partial charge in [-0.3, -0.25) is 4.79 Å². The van der Waals surface area contributed by atoms with Crippen molar-refractivity contribution >= 4 is 0 Å². The molecule has 19 heavy (non-hydrogen) atoms. The Morgan fingerprint density at radius 1 is 1.47 bits per heavy atom. The average Bonchev–Trinajstić information content (AvgIpc) is 2.69. The minimum Gasteiger partial charge on any atom is -0.394 e. The molecule has 1 aromatic heterocycles. The van der Waals surface area contributed by atoms with Gasteiger partial charge in [-0.15, -0.1) is 6.42 Å². The lowest BCUT2D eigenvalue weighted by molar-refractivity contribution is -0.0241. The fourth-order valence-corrected chi connectivity index (χ4v) is 2.00. The van der Waals surface area contributed by atoms with Crippen LogP contribution in [-0.2, 0) is 4.74 Å². The first-order valence-corrected chi connectivity index (χ1v) is 5.69. The van der Waals surface area contributed by atoms with Crippen LogP contribution in [0.15, 0.2) is 4.79 Å². The monoisotopic (exact) mass is 266 g/mol. The van der Waals surface area contributed by atoms with Crippen molar-refractivity contribution in [3.8, 4) is 12.3 Å². The summed E-state index contributed by atoms with van der Waals surface area (Å²) < 4.78 is 5.33. The first kappa shape index (κ1) is 13.7. The Labute approximate surface area is 108 Å². The number of aromatic amines is 1. The second kappa shape index (κ2) is 5.11. The van der Waals surface area contributed by atoms with Gasteiger partial charge in [-0.1, -0.05) is 5.92 Å². The second-order valence-electron chi connectivity index (χ2n) is 4.31. The van der Waals surface area contributed by atoms with Crippen molar-refractivity contribution in [2.45, 2.75) is 31.3 Å². The quantitative estimate of drug-likeness (QED) is 0.470. The van der Waals surface area contributed by atoms with Crippen molar-refractivity contribution < 1.29 is 20.1 Å². The van der Waals surface area contributed by atoms with Crippen LogP contribution in [0.25, 0.3) is 0 Å². The van der Waals surface area contributed by atoms with E-state index in [0.29, 0.717) is 0 Å². The summed E-state index contributed by atoms with van der Waals surface area (Å²) in [7, 11) is 0. The van der Waals surface area contributed by atoms with Crippen molar-refractivity contribution in [3.05, 3.63) is 27.4 Å². The van der Waals surface area contributed by atoms with Gasteiger partial charge in [0.05, 0.1) is 6.61 Å². The van der Waals surface area contributed by atoms with Crippen LogP contribution in [0.4, 0.5) is 0 Å². The van der Waals surface area contributed by atoms with Crippen LogP contribution in [0.1, 0.15) is 23.2 Å². The largest absolute Gasteiger partial charge is 0.394 e. The van der Waals surface area contributed by atoms with E-state index in [1.54, 1.807) is 0 Å². The van der Waals surface area contributed by atoms with E-state index in [-0.39, 0.29) is 17.1 Å². The molecule has 1 aliphatic heterocycles. The number of nitrogens with zero attached hydrogens (tertiary/aromatic N) is 1. The molecular formula is C12H14N2O5. The Bertz CT molecular complexity index is 576. The molecule has 0 radical (unpaired) electrons. The normalized spacial score (nSPS) is 30.3. The molecule has 7 nitrogen and oxygen atoms in total. The van der Waals surface area contributed by atoms with Crippen molar-refractivity contribution in [1.82, 2.24) is 9.97 Å². The number of hydrogen-bond donors (Lipinski definition) is 4. The number of aromatic nitrogens is 2. The molecular weight excluding hydrogens is 252 g/mol. The summed E-state index contributed by atoms with van der Waals surface area (Å²) in [5, 5.41) is 28.6. The van der Waals surface area contributed by atoms with Gasteiger partial charge in [-0.25, -0.2) is 4.98 Å². The number of H-pyrrole nitrogens is 1. The van der Waals surface area contributed by atoms with Crippen molar-refractivity contribution in [1.29, 1.82) is 0 Å². The average molecular weight is 266 g/mol. The molecule has 0 aliphatic carbocycles. The maximum Gasteiger partial charge on any atom is 0.270 e. The highest BCUT2D eigenvalue weighted by Crippen LogP contribution is 2.33. The number of ether oxygens (including phenoxy) is 1. The molecule has 1 fully saturated rings. The smallest absolute Gasteiger partial charge is 0.270 e. The predicted octanol–water partition coefficient (Wildman–Crippen LogP) is -1.79. The van der Waals surface area contributed by atoms with Gasteiger partial charge in [0.2, 0.25) is 0 Å². The summed E-state index contributed by atoms with van der Waals surface area (Å²) in [4.78, 5) is 17.9. The lowest BCUT2D eigenvalue weighted by Gasteiger charge is -2.15. The van der Waals surface area contributed by atoms with E-state index in [2.05, 4.69) is 15.9 Å². The van der Waals surface area contributed by atoms with Crippen LogP contribution >= 0.6 is 0 Å². The Hall–Kier alpha value is -1.72. The zero-order valence-corrected chi connectivity index (χ0v) is 10.2. The third kappa shape index (κ3) is 2.27. The van der Waals surface area contributed by atoms with Gasteiger partial charge in [0.15, 0.2) is 0 Å². The number of aryl methyl sites for hydroxylation is 1. The Morgan fingerprint density at radius 2 is 2.16 bits per heavy atom. The summed E-state index contributed by atoms with van der Waals surface area (Å²) in [5.74, 6) is 2.26. The summed E-state index contributed by atoms with van der Waals surface area (Å²) in [6.45, 7) is 1.05. The number of aliphatic hydroxyl groups is 3. The van der Waals surface area contributed by atoms with Gasteiger partial charge in [-0.2, -0.15) is 0 Å². The molecule has 0 aromatic carbocycles. The number of hydrogen-bond acceptors (Lipinski definition) is 6. The zero-order valence-electron chi connectivity index (χ0n) is 10.2. The van der Waals surface area contributed by atoms with Crippen molar-refractivity contribution in [2.24, 2.45) is 0 Å². The highest BCUT2D eigenvalue weighted by atomic mass is 16.6. The molecule has 1 unspecified atom stereocenters. The third-order valence-electron chi connectivity index (χ3n) is 3.07. The number of terminal acetylenes is 1. The standard InChI is InChI=1S/C12H14N2O5/c1-3-6-8(13-5(2)12(18)14-6)11-10(17)9(16)7(4-15)19-11/h1,7,9-11,15-17H,4H2,2H3,(H,14,18)/t7-,9?,10+,11+/m1/s1. The molecule has 4 N–H and O–H groups in total. The number of rotatable bonds is 2. The first-order chi connectivity index (χ1) is 8.99. The molecule has 2 heterocycles. The highest BCUT2D eigenvalue weighted by Gasteiger charge is 2.44. The molecule has 4 atom stereocenters. The minimum atomic E-state index is -1.28. The molecule has 1 saturated heterocycles. The van der Waals surface area contributed by atoms with E-state index in [0.717, 1.165) is 0 Å². The maximum absolute atomic E-state index is 11.4. The molecule has 102 valence electrons.